The van der Waals surface area contributed by atoms with Gasteiger partial charge in [-0.25, -0.2) is 0 Å². The molecule has 1 unspecified atom stereocenters. The zero-order chi connectivity index (χ0) is 17.8. The number of hydrogen-bond acceptors (Lipinski definition) is 4. The molecule has 1 atom stereocenters. The molecule has 0 amide bonds. The fraction of sp³-hybridized carbons (Fsp3) is 0.500. The van der Waals surface area contributed by atoms with Gasteiger partial charge in [-0.1, -0.05) is 18.2 Å². The summed E-state index contributed by atoms with van der Waals surface area (Å²) in [5.74, 6) is 0.934. The van der Waals surface area contributed by atoms with Crippen LogP contribution in [0.4, 0.5) is 0 Å². The average Bonchev–Trinajstić information content (AvgIpc) is 3.05. The summed E-state index contributed by atoms with van der Waals surface area (Å²) >= 11 is 0. The first-order valence-corrected chi connectivity index (χ1v) is 9.72. The number of methoxy groups -OCH3 is 1. The second-order valence-corrected chi connectivity index (χ2v) is 7.94. The minimum absolute atomic E-state index is 0.472. The second kappa shape index (κ2) is 7.77. The molecule has 3 heterocycles. The Labute approximate surface area is 156 Å². The van der Waals surface area contributed by atoms with Crippen molar-refractivity contribution in [3.63, 3.8) is 0 Å². The Hall–Kier alpha value is -1.91. The molecule has 0 saturated carbocycles. The van der Waals surface area contributed by atoms with Crippen LogP contribution in [0.3, 0.4) is 0 Å². The summed E-state index contributed by atoms with van der Waals surface area (Å²) in [7, 11) is 1.72. The Morgan fingerprint density at radius 1 is 0.962 bits per heavy atom. The van der Waals surface area contributed by atoms with Crippen LogP contribution >= 0.6 is 0 Å². The Morgan fingerprint density at radius 2 is 1.77 bits per heavy atom. The third kappa shape index (κ3) is 4.08. The lowest BCUT2D eigenvalue weighted by Crippen LogP contribution is -2.44. The van der Waals surface area contributed by atoms with Crippen molar-refractivity contribution in [2.24, 2.45) is 5.41 Å². The maximum atomic E-state index is 5.27. The number of pyridine rings is 1. The number of aromatic nitrogens is 1. The van der Waals surface area contributed by atoms with Crippen LogP contribution in [0.25, 0.3) is 0 Å². The summed E-state index contributed by atoms with van der Waals surface area (Å²) in [6.07, 6.45) is 5.90. The normalized spacial score (nSPS) is 24.2. The van der Waals surface area contributed by atoms with Gasteiger partial charge in [0.15, 0.2) is 0 Å². The van der Waals surface area contributed by atoms with Gasteiger partial charge in [0.2, 0.25) is 0 Å². The van der Waals surface area contributed by atoms with Crippen molar-refractivity contribution >= 4 is 0 Å². The number of benzene rings is 1. The quantitative estimate of drug-likeness (QED) is 0.823. The summed E-state index contributed by atoms with van der Waals surface area (Å²) in [4.78, 5) is 9.76. The van der Waals surface area contributed by atoms with Crippen LogP contribution in [0.15, 0.2) is 48.7 Å². The fourth-order valence-electron chi connectivity index (χ4n) is 4.65. The molecule has 138 valence electrons. The standard InChI is InChI=1S/C22H29N3O/c1-26-21-8-6-19(7-9-21)15-25-14-11-22(18-25)10-4-13-24(17-22)16-20-5-2-3-12-23-20/h2-3,5-9,12H,4,10-11,13-18H2,1H3. The van der Waals surface area contributed by atoms with Gasteiger partial charge < -0.3 is 4.74 Å². The van der Waals surface area contributed by atoms with E-state index in [-0.39, 0.29) is 0 Å². The Balaban J connectivity index is 1.35. The van der Waals surface area contributed by atoms with E-state index in [9.17, 15) is 0 Å². The van der Waals surface area contributed by atoms with Crippen LogP contribution in [0.1, 0.15) is 30.5 Å². The maximum Gasteiger partial charge on any atom is 0.118 e. The molecule has 2 aromatic rings. The van der Waals surface area contributed by atoms with E-state index in [1.54, 1.807) is 7.11 Å². The van der Waals surface area contributed by atoms with Crippen molar-refractivity contribution in [3.8, 4) is 5.75 Å². The first-order valence-electron chi connectivity index (χ1n) is 9.72. The SMILES string of the molecule is COc1ccc(CN2CCC3(CCCN(Cc4ccccn4)C3)C2)cc1. The van der Waals surface area contributed by atoms with Gasteiger partial charge >= 0.3 is 0 Å². The van der Waals surface area contributed by atoms with Gasteiger partial charge in [-0.3, -0.25) is 14.8 Å². The number of nitrogens with zero attached hydrogens (tertiary/aromatic N) is 3. The van der Waals surface area contributed by atoms with E-state index in [0.29, 0.717) is 5.41 Å². The predicted octanol–water partition coefficient (Wildman–Crippen LogP) is 3.58. The van der Waals surface area contributed by atoms with Crippen molar-refractivity contribution in [2.75, 3.05) is 33.3 Å². The molecule has 4 rings (SSSR count). The molecule has 2 fully saturated rings. The zero-order valence-corrected chi connectivity index (χ0v) is 15.7. The topological polar surface area (TPSA) is 28.6 Å². The number of piperidine rings is 1. The van der Waals surface area contributed by atoms with E-state index in [4.69, 9.17) is 4.74 Å². The molecule has 4 heteroatoms. The highest BCUT2D eigenvalue weighted by molar-refractivity contribution is 5.27. The van der Waals surface area contributed by atoms with E-state index in [0.717, 1.165) is 18.8 Å². The van der Waals surface area contributed by atoms with Gasteiger partial charge in [0.25, 0.3) is 0 Å². The molecule has 1 aromatic heterocycles. The number of ether oxygens (including phenoxy) is 1. The molecule has 0 radical (unpaired) electrons. The van der Waals surface area contributed by atoms with E-state index in [2.05, 4.69) is 51.2 Å². The molecule has 0 aliphatic carbocycles. The Bertz CT molecular complexity index is 703. The van der Waals surface area contributed by atoms with Crippen LogP contribution in [0.2, 0.25) is 0 Å². The monoisotopic (exact) mass is 351 g/mol. The number of rotatable bonds is 5. The molecule has 1 spiro atoms. The van der Waals surface area contributed by atoms with Crippen LogP contribution < -0.4 is 4.74 Å². The molecular weight excluding hydrogens is 322 g/mol. The summed E-state index contributed by atoms with van der Waals surface area (Å²) in [6, 6.07) is 14.7. The third-order valence-electron chi connectivity index (χ3n) is 5.93. The van der Waals surface area contributed by atoms with Gasteiger partial charge in [0.05, 0.1) is 12.8 Å². The summed E-state index contributed by atoms with van der Waals surface area (Å²) in [5.41, 5.74) is 3.04. The minimum atomic E-state index is 0.472. The first-order chi connectivity index (χ1) is 12.7. The van der Waals surface area contributed by atoms with E-state index in [1.165, 1.54) is 56.7 Å². The van der Waals surface area contributed by atoms with Gasteiger partial charge in [0.1, 0.15) is 5.75 Å². The van der Waals surface area contributed by atoms with E-state index >= 15 is 0 Å². The lowest BCUT2D eigenvalue weighted by Gasteiger charge is -2.40. The smallest absolute Gasteiger partial charge is 0.118 e. The average molecular weight is 351 g/mol. The highest BCUT2D eigenvalue weighted by atomic mass is 16.5. The minimum Gasteiger partial charge on any atom is -0.497 e. The fourth-order valence-corrected chi connectivity index (χ4v) is 4.65. The van der Waals surface area contributed by atoms with Crippen molar-refractivity contribution in [3.05, 3.63) is 59.9 Å². The van der Waals surface area contributed by atoms with Crippen LogP contribution in [-0.4, -0.2) is 48.1 Å². The van der Waals surface area contributed by atoms with Crippen molar-refractivity contribution < 1.29 is 4.74 Å². The predicted molar refractivity (Wildman–Crippen MR) is 104 cm³/mol. The van der Waals surface area contributed by atoms with Gasteiger partial charge in [-0.05, 0) is 67.6 Å². The second-order valence-electron chi connectivity index (χ2n) is 7.94. The molecule has 26 heavy (non-hydrogen) atoms. The molecule has 4 nitrogen and oxygen atoms in total. The van der Waals surface area contributed by atoms with Crippen molar-refractivity contribution in [1.82, 2.24) is 14.8 Å². The third-order valence-corrected chi connectivity index (χ3v) is 5.93. The highest BCUT2D eigenvalue weighted by Gasteiger charge is 2.41. The summed E-state index contributed by atoms with van der Waals surface area (Å²) in [6.45, 7) is 6.88. The van der Waals surface area contributed by atoms with Crippen molar-refractivity contribution in [1.29, 1.82) is 0 Å². The molecule has 2 saturated heterocycles. The number of likely N-dealkylation sites (tertiary alicyclic amines) is 2. The molecule has 2 aliphatic rings. The lowest BCUT2D eigenvalue weighted by atomic mass is 9.79. The Kier molecular flexibility index (Phi) is 5.23. The van der Waals surface area contributed by atoms with Crippen molar-refractivity contribution in [2.45, 2.75) is 32.4 Å². The zero-order valence-electron chi connectivity index (χ0n) is 15.7. The van der Waals surface area contributed by atoms with Crippen LogP contribution in [-0.2, 0) is 13.1 Å². The number of hydrogen-bond donors (Lipinski definition) is 0. The van der Waals surface area contributed by atoms with Crippen LogP contribution in [0, 0.1) is 5.41 Å². The first kappa shape index (κ1) is 17.5. The molecular formula is C22H29N3O. The molecule has 2 aliphatic heterocycles. The summed E-state index contributed by atoms with van der Waals surface area (Å²) < 4.78 is 5.27. The Morgan fingerprint density at radius 3 is 2.50 bits per heavy atom. The molecule has 0 bridgehead atoms. The van der Waals surface area contributed by atoms with Gasteiger partial charge in [-0.2, -0.15) is 0 Å². The summed E-state index contributed by atoms with van der Waals surface area (Å²) in [5, 5.41) is 0. The van der Waals surface area contributed by atoms with Gasteiger partial charge in [-0.15, -0.1) is 0 Å². The molecule has 0 N–H and O–H groups in total. The van der Waals surface area contributed by atoms with E-state index in [1.807, 2.05) is 12.3 Å². The van der Waals surface area contributed by atoms with Gasteiger partial charge in [0, 0.05) is 32.4 Å². The van der Waals surface area contributed by atoms with E-state index < -0.39 is 0 Å². The highest BCUT2D eigenvalue weighted by Crippen LogP contribution is 2.39. The maximum absolute atomic E-state index is 5.27. The lowest BCUT2D eigenvalue weighted by molar-refractivity contribution is 0.0857. The molecule has 1 aromatic carbocycles. The van der Waals surface area contributed by atoms with Crippen LogP contribution in [0.5, 0.6) is 5.75 Å². The largest absolute Gasteiger partial charge is 0.497 e.